The maximum absolute atomic E-state index is 11.5. The zero-order valence-electron chi connectivity index (χ0n) is 9.99. The molecule has 0 spiro atoms. The summed E-state index contributed by atoms with van der Waals surface area (Å²) in [6, 6.07) is 1.97. The molecular weight excluding hydrogens is 236 g/mol. The van der Waals surface area contributed by atoms with Gasteiger partial charge in [0.05, 0.1) is 13.2 Å². The predicted molar refractivity (Wildman–Crippen MR) is 68.2 cm³/mol. The lowest BCUT2D eigenvalue weighted by molar-refractivity contribution is 0.185. The van der Waals surface area contributed by atoms with Crippen LogP contribution in [-0.2, 0) is 11.3 Å². The first kappa shape index (κ1) is 12.4. The fourth-order valence-corrected chi connectivity index (χ4v) is 2.64. The maximum atomic E-state index is 11.5. The van der Waals surface area contributed by atoms with E-state index in [1.165, 1.54) is 10.4 Å². The minimum atomic E-state index is -0.0929. The van der Waals surface area contributed by atoms with Crippen LogP contribution in [-0.4, -0.2) is 25.8 Å². The molecule has 2 heterocycles. The SMILES string of the molecule is Cc1ccsc1CNC(=O)NCC1CCOC1. The number of aryl methyl sites for hydroxylation is 1. The topological polar surface area (TPSA) is 50.4 Å². The van der Waals surface area contributed by atoms with Gasteiger partial charge in [-0.1, -0.05) is 0 Å². The monoisotopic (exact) mass is 254 g/mol. The summed E-state index contributed by atoms with van der Waals surface area (Å²) >= 11 is 1.67. The van der Waals surface area contributed by atoms with Gasteiger partial charge in [0, 0.05) is 23.9 Å². The second-order valence-corrected chi connectivity index (χ2v) is 5.32. The van der Waals surface area contributed by atoms with Gasteiger partial charge >= 0.3 is 6.03 Å². The van der Waals surface area contributed by atoms with Crippen LogP contribution in [0.3, 0.4) is 0 Å². The Hall–Kier alpha value is -1.07. The number of hydrogen-bond acceptors (Lipinski definition) is 3. The van der Waals surface area contributed by atoms with Crippen molar-refractivity contribution in [1.82, 2.24) is 10.6 Å². The summed E-state index contributed by atoms with van der Waals surface area (Å²) in [6.07, 6.45) is 1.05. The minimum Gasteiger partial charge on any atom is -0.381 e. The van der Waals surface area contributed by atoms with Crippen LogP contribution in [0, 0.1) is 12.8 Å². The average Bonchev–Trinajstić information content (AvgIpc) is 2.95. The smallest absolute Gasteiger partial charge is 0.315 e. The fraction of sp³-hybridized carbons (Fsp3) is 0.583. The van der Waals surface area contributed by atoms with Crippen LogP contribution >= 0.6 is 11.3 Å². The van der Waals surface area contributed by atoms with Crippen LogP contribution in [0.15, 0.2) is 11.4 Å². The molecular formula is C12H18N2O2S. The lowest BCUT2D eigenvalue weighted by atomic mass is 10.1. The molecule has 94 valence electrons. The van der Waals surface area contributed by atoms with E-state index in [-0.39, 0.29) is 6.03 Å². The van der Waals surface area contributed by atoms with Crippen molar-refractivity contribution in [2.45, 2.75) is 19.9 Å². The number of amides is 2. The van der Waals surface area contributed by atoms with Gasteiger partial charge in [-0.25, -0.2) is 4.79 Å². The zero-order chi connectivity index (χ0) is 12.1. The van der Waals surface area contributed by atoms with E-state index in [2.05, 4.69) is 23.6 Å². The van der Waals surface area contributed by atoms with Gasteiger partial charge in [0.2, 0.25) is 0 Å². The summed E-state index contributed by atoms with van der Waals surface area (Å²) < 4.78 is 5.25. The molecule has 1 fully saturated rings. The third-order valence-electron chi connectivity index (χ3n) is 2.95. The van der Waals surface area contributed by atoms with Crippen LogP contribution in [0.1, 0.15) is 16.9 Å². The largest absolute Gasteiger partial charge is 0.381 e. The molecule has 0 aliphatic carbocycles. The summed E-state index contributed by atoms with van der Waals surface area (Å²) in [7, 11) is 0. The fourth-order valence-electron chi connectivity index (χ4n) is 1.79. The van der Waals surface area contributed by atoms with Gasteiger partial charge in [0.15, 0.2) is 0 Å². The molecule has 1 atom stereocenters. The number of carbonyl (C=O) groups excluding carboxylic acids is 1. The zero-order valence-corrected chi connectivity index (χ0v) is 10.8. The molecule has 2 rings (SSSR count). The lowest BCUT2D eigenvalue weighted by Gasteiger charge is -2.10. The van der Waals surface area contributed by atoms with Crippen molar-refractivity contribution in [3.8, 4) is 0 Å². The third kappa shape index (κ3) is 3.71. The van der Waals surface area contributed by atoms with E-state index in [0.717, 1.165) is 19.6 Å². The Balaban J connectivity index is 1.65. The number of rotatable bonds is 4. The number of ether oxygens (including phenoxy) is 1. The van der Waals surface area contributed by atoms with Gasteiger partial charge in [-0.15, -0.1) is 11.3 Å². The molecule has 1 unspecified atom stereocenters. The van der Waals surface area contributed by atoms with Crippen molar-refractivity contribution in [2.75, 3.05) is 19.8 Å². The van der Waals surface area contributed by atoms with E-state index in [4.69, 9.17) is 4.74 Å². The summed E-state index contributed by atoms with van der Waals surface area (Å²) in [5.74, 6) is 0.476. The van der Waals surface area contributed by atoms with Gasteiger partial charge in [-0.2, -0.15) is 0 Å². The molecule has 2 amide bonds. The van der Waals surface area contributed by atoms with Crippen LogP contribution in [0.2, 0.25) is 0 Å². The summed E-state index contributed by atoms with van der Waals surface area (Å²) in [5.41, 5.74) is 1.24. The van der Waals surface area contributed by atoms with Gasteiger partial charge < -0.3 is 15.4 Å². The number of thiophene rings is 1. The quantitative estimate of drug-likeness (QED) is 0.862. The third-order valence-corrected chi connectivity index (χ3v) is 3.98. The van der Waals surface area contributed by atoms with Crippen LogP contribution in [0.5, 0.6) is 0 Å². The van der Waals surface area contributed by atoms with E-state index >= 15 is 0 Å². The molecule has 0 bridgehead atoms. The molecule has 2 N–H and O–H groups in total. The lowest BCUT2D eigenvalue weighted by Crippen LogP contribution is -2.37. The summed E-state index contributed by atoms with van der Waals surface area (Å²) in [6.45, 7) is 4.96. The molecule has 17 heavy (non-hydrogen) atoms. The van der Waals surface area contributed by atoms with Gasteiger partial charge in [0.1, 0.15) is 0 Å². The Morgan fingerprint density at radius 2 is 2.47 bits per heavy atom. The highest BCUT2D eigenvalue weighted by Gasteiger charge is 2.16. The summed E-state index contributed by atoms with van der Waals surface area (Å²) in [4.78, 5) is 12.8. The number of carbonyl (C=O) groups is 1. The van der Waals surface area contributed by atoms with E-state index in [1.54, 1.807) is 11.3 Å². The Morgan fingerprint density at radius 1 is 1.59 bits per heavy atom. The Bertz CT molecular complexity index is 372. The van der Waals surface area contributed by atoms with E-state index in [9.17, 15) is 4.79 Å². The van der Waals surface area contributed by atoms with E-state index < -0.39 is 0 Å². The van der Waals surface area contributed by atoms with E-state index in [0.29, 0.717) is 19.0 Å². The highest BCUT2D eigenvalue weighted by molar-refractivity contribution is 7.10. The maximum Gasteiger partial charge on any atom is 0.315 e. The van der Waals surface area contributed by atoms with E-state index in [1.807, 2.05) is 5.38 Å². The molecule has 1 aromatic heterocycles. The summed E-state index contributed by atoms with van der Waals surface area (Å²) in [5, 5.41) is 7.79. The van der Waals surface area contributed by atoms with Gasteiger partial charge in [0.25, 0.3) is 0 Å². The standard InChI is InChI=1S/C12H18N2O2S/c1-9-3-5-17-11(9)7-14-12(15)13-6-10-2-4-16-8-10/h3,5,10H,2,4,6-8H2,1H3,(H2,13,14,15). The van der Waals surface area contributed by atoms with Crippen molar-refractivity contribution in [2.24, 2.45) is 5.92 Å². The first-order valence-corrected chi connectivity index (χ1v) is 6.76. The van der Waals surface area contributed by atoms with Crippen LogP contribution in [0.4, 0.5) is 4.79 Å². The predicted octanol–water partition coefficient (Wildman–Crippen LogP) is 1.89. The normalized spacial score (nSPS) is 19.2. The van der Waals surface area contributed by atoms with Crippen molar-refractivity contribution in [1.29, 1.82) is 0 Å². The first-order valence-electron chi connectivity index (χ1n) is 5.88. The van der Waals surface area contributed by atoms with Crippen molar-refractivity contribution >= 4 is 17.4 Å². The minimum absolute atomic E-state index is 0.0929. The molecule has 0 saturated carbocycles. The second-order valence-electron chi connectivity index (χ2n) is 4.32. The molecule has 1 saturated heterocycles. The van der Waals surface area contributed by atoms with Crippen LogP contribution in [0.25, 0.3) is 0 Å². The molecule has 0 aromatic carbocycles. The second kappa shape index (κ2) is 6.02. The Kier molecular flexibility index (Phi) is 4.39. The van der Waals surface area contributed by atoms with Crippen LogP contribution < -0.4 is 10.6 Å². The van der Waals surface area contributed by atoms with Gasteiger partial charge in [-0.05, 0) is 30.4 Å². The molecule has 0 radical (unpaired) electrons. The average molecular weight is 254 g/mol. The Labute approximate surface area is 105 Å². The van der Waals surface area contributed by atoms with Crippen molar-refractivity contribution < 1.29 is 9.53 Å². The number of urea groups is 1. The number of nitrogens with one attached hydrogen (secondary N) is 2. The molecule has 1 aliphatic heterocycles. The molecule has 1 aliphatic rings. The number of hydrogen-bond donors (Lipinski definition) is 2. The highest BCUT2D eigenvalue weighted by atomic mass is 32.1. The Morgan fingerprint density at radius 3 is 3.12 bits per heavy atom. The molecule has 1 aromatic rings. The van der Waals surface area contributed by atoms with Gasteiger partial charge in [-0.3, -0.25) is 0 Å². The highest BCUT2D eigenvalue weighted by Crippen LogP contribution is 2.14. The van der Waals surface area contributed by atoms with Crippen molar-refractivity contribution in [3.05, 3.63) is 21.9 Å². The first-order chi connectivity index (χ1) is 8.25. The molecule has 4 nitrogen and oxygen atoms in total. The molecule has 5 heteroatoms. The van der Waals surface area contributed by atoms with Crippen molar-refractivity contribution in [3.63, 3.8) is 0 Å².